The fourth-order valence-electron chi connectivity index (χ4n) is 4.28. The van der Waals surface area contributed by atoms with Crippen LogP contribution in [0.15, 0.2) is 72.8 Å². The van der Waals surface area contributed by atoms with Crippen LogP contribution in [0.1, 0.15) is 50.0 Å². The van der Waals surface area contributed by atoms with Gasteiger partial charge in [-0.2, -0.15) is 0 Å². The van der Waals surface area contributed by atoms with Crippen molar-refractivity contribution in [3.05, 3.63) is 83.9 Å². The van der Waals surface area contributed by atoms with E-state index in [0.29, 0.717) is 22.7 Å². The van der Waals surface area contributed by atoms with Crippen LogP contribution in [0.5, 0.6) is 17.2 Å². The fraction of sp³-hybridized carbons (Fsp3) is 0.323. The number of carbonyl (C=O) groups is 3. The molecular formula is C31H33NO6. The van der Waals surface area contributed by atoms with Crippen molar-refractivity contribution in [1.82, 2.24) is 0 Å². The number of rotatable bonds is 8. The van der Waals surface area contributed by atoms with E-state index < -0.39 is 18.0 Å². The lowest BCUT2D eigenvalue weighted by Crippen LogP contribution is -2.30. The third-order valence-electron chi connectivity index (χ3n) is 6.60. The Bertz CT molecular complexity index is 1290. The summed E-state index contributed by atoms with van der Waals surface area (Å²) in [7, 11) is 1.54. The first-order valence-electron chi connectivity index (χ1n) is 12.6. The van der Waals surface area contributed by atoms with E-state index in [0.717, 1.165) is 5.75 Å². The van der Waals surface area contributed by atoms with Gasteiger partial charge >= 0.3 is 5.97 Å². The van der Waals surface area contributed by atoms with E-state index in [4.69, 9.17) is 14.2 Å². The van der Waals surface area contributed by atoms with Gasteiger partial charge < -0.3 is 19.1 Å². The number of ether oxygens (including phenoxy) is 3. The first-order valence-corrected chi connectivity index (χ1v) is 12.6. The molecule has 4 rings (SSSR count). The Morgan fingerprint density at radius 1 is 0.868 bits per heavy atom. The van der Waals surface area contributed by atoms with Crippen molar-refractivity contribution in [2.75, 3.05) is 18.6 Å². The number of benzene rings is 3. The minimum atomic E-state index is -0.964. The van der Waals surface area contributed by atoms with Crippen molar-refractivity contribution in [3.8, 4) is 17.2 Å². The van der Waals surface area contributed by atoms with Crippen LogP contribution in [-0.2, 0) is 19.7 Å². The average Bonchev–Trinajstić information content (AvgIpc) is 3.30. The Morgan fingerprint density at radius 2 is 1.42 bits per heavy atom. The van der Waals surface area contributed by atoms with Crippen molar-refractivity contribution in [3.63, 3.8) is 0 Å². The highest BCUT2D eigenvalue weighted by Gasteiger charge is 2.37. The van der Waals surface area contributed by atoms with Crippen LogP contribution in [0.3, 0.4) is 0 Å². The molecule has 7 heteroatoms. The largest absolute Gasteiger partial charge is 0.497 e. The van der Waals surface area contributed by atoms with Gasteiger partial charge in [0.1, 0.15) is 17.2 Å². The summed E-state index contributed by atoms with van der Waals surface area (Å²) in [6.07, 6.45) is -0.936. The Morgan fingerprint density at radius 3 is 1.97 bits per heavy atom. The van der Waals surface area contributed by atoms with Gasteiger partial charge in [0.15, 0.2) is 6.10 Å². The van der Waals surface area contributed by atoms with Crippen molar-refractivity contribution in [2.24, 2.45) is 5.92 Å². The van der Waals surface area contributed by atoms with Gasteiger partial charge in [0.2, 0.25) is 11.7 Å². The van der Waals surface area contributed by atoms with E-state index in [1.807, 2.05) is 12.1 Å². The molecule has 1 amide bonds. The monoisotopic (exact) mass is 515 g/mol. The molecule has 0 bridgehead atoms. The molecule has 1 fully saturated rings. The number of esters is 1. The van der Waals surface area contributed by atoms with Gasteiger partial charge in [0.05, 0.1) is 13.0 Å². The molecule has 0 aromatic heterocycles. The molecule has 38 heavy (non-hydrogen) atoms. The van der Waals surface area contributed by atoms with Crippen molar-refractivity contribution < 1.29 is 28.6 Å². The summed E-state index contributed by atoms with van der Waals surface area (Å²) in [6, 6.07) is 21.8. The summed E-state index contributed by atoms with van der Waals surface area (Å²) in [5, 5.41) is 0. The lowest BCUT2D eigenvalue weighted by atomic mass is 9.87. The minimum Gasteiger partial charge on any atom is -0.497 e. The van der Waals surface area contributed by atoms with Gasteiger partial charge in [0.25, 0.3) is 0 Å². The van der Waals surface area contributed by atoms with Crippen molar-refractivity contribution in [1.29, 1.82) is 0 Å². The van der Waals surface area contributed by atoms with Crippen LogP contribution in [0.2, 0.25) is 0 Å². The lowest BCUT2D eigenvalue weighted by Gasteiger charge is -2.19. The number of methoxy groups -OCH3 is 1. The number of anilines is 1. The standard InChI is InChI=1S/C31H33NO6/c1-20(29(34)21-6-12-25(36-5)13-7-21)37-30(35)22-18-28(33)32(19-22)24-10-16-27(17-11-24)38-26-14-8-23(9-15-26)31(2,3)4/h6-17,20,22H,18-19H2,1-5H3/t20-,22-/m0/s1. The van der Waals surface area contributed by atoms with Crippen LogP contribution in [-0.4, -0.2) is 37.4 Å². The number of hydrogen-bond donors (Lipinski definition) is 0. The minimum absolute atomic E-state index is 0.0284. The molecule has 2 atom stereocenters. The molecule has 1 aliphatic rings. The normalized spacial score (nSPS) is 16.2. The second-order valence-corrected chi connectivity index (χ2v) is 10.4. The van der Waals surface area contributed by atoms with Crippen LogP contribution >= 0.6 is 0 Å². The van der Waals surface area contributed by atoms with E-state index in [-0.39, 0.29) is 30.1 Å². The number of carbonyl (C=O) groups excluding carboxylic acids is 3. The highest BCUT2D eigenvalue weighted by atomic mass is 16.5. The molecule has 3 aromatic rings. The van der Waals surface area contributed by atoms with Crippen molar-refractivity contribution >= 4 is 23.3 Å². The molecule has 3 aromatic carbocycles. The number of ketones is 1. The van der Waals surface area contributed by atoms with Crippen LogP contribution in [0.4, 0.5) is 5.69 Å². The predicted molar refractivity (Wildman–Crippen MR) is 145 cm³/mol. The topological polar surface area (TPSA) is 82.1 Å². The zero-order valence-electron chi connectivity index (χ0n) is 22.4. The maximum absolute atomic E-state index is 12.8. The molecule has 0 aliphatic carbocycles. The maximum Gasteiger partial charge on any atom is 0.312 e. The molecule has 7 nitrogen and oxygen atoms in total. The number of amides is 1. The molecule has 0 spiro atoms. The number of Topliss-reactive ketones (excluding diaryl/α,β-unsaturated/α-hetero) is 1. The average molecular weight is 516 g/mol. The van der Waals surface area contributed by atoms with E-state index in [9.17, 15) is 14.4 Å². The molecule has 0 radical (unpaired) electrons. The third-order valence-corrected chi connectivity index (χ3v) is 6.60. The quantitative estimate of drug-likeness (QED) is 0.272. The van der Waals surface area contributed by atoms with Crippen molar-refractivity contribution in [2.45, 2.75) is 45.6 Å². The van der Waals surface area contributed by atoms with Gasteiger partial charge in [-0.3, -0.25) is 14.4 Å². The Hall–Kier alpha value is -4.13. The zero-order valence-corrected chi connectivity index (χ0v) is 22.4. The molecule has 0 saturated carbocycles. The highest BCUT2D eigenvalue weighted by Crippen LogP contribution is 2.31. The second kappa shape index (κ2) is 11.1. The molecule has 1 saturated heterocycles. The summed E-state index contributed by atoms with van der Waals surface area (Å²) >= 11 is 0. The van der Waals surface area contributed by atoms with Crippen LogP contribution in [0.25, 0.3) is 0 Å². The number of nitrogens with zero attached hydrogens (tertiary/aromatic N) is 1. The number of hydrogen-bond acceptors (Lipinski definition) is 6. The van der Waals surface area contributed by atoms with Gasteiger partial charge in [0, 0.05) is 24.2 Å². The highest BCUT2D eigenvalue weighted by molar-refractivity contribution is 6.02. The van der Waals surface area contributed by atoms with E-state index >= 15 is 0 Å². The van der Waals surface area contributed by atoms with Crippen LogP contribution in [0, 0.1) is 5.92 Å². The predicted octanol–water partition coefficient (Wildman–Crippen LogP) is 5.95. The molecule has 1 heterocycles. The van der Waals surface area contributed by atoms with E-state index in [1.54, 1.807) is 60.5 Å². The zero-order chi connectivity index (χ0) is 27.4. The second-order valence-electron chi connectivity index (χ2n) is 10.4. The SMILES string of the molecule is COc1ccc(C(=O)[C@H](C)OC(=O)[C@H]2CC(=O)N(c3ccc(Oc4ccc(C(C)(C)C)cc4)cc3)C2)cc1. The summed E-state index contributed by atoms with van der Waals surface area (Å²) in [6.45, 7) is 8.21. The third kappa shape index (κ3) is 6.22. The summed E-state index contributed by atoms with van der Waals surface area (Å²) in [5.41, 5.74) is 2.38. The molecule has 1 aliphatic heterocycles. The van der Waals surface area contributed by atoms with E-state index in [1.165, 1.54) is 12.5 Å². The van der Waals surface area contributed by atoms with Gasteiger partial charge in [-0.05, 0) is 78.6 Å². The summed E-state index contributed by atoms with van der Waals surface area (Å²) < 4.78 is 16.5. The Kier molecular flexibility index (Phi) is 7.86. The molecule has 0 N–H and O–H groups in total. The Balaban J connectivity index is 1.34. The lowest BCUT2D eigenvalue weighted by molar-refractivity contribution is -0.151. The summed E-state index contributed by atoms with van der Waals surface area (Å²) in [5.74, 6) is 0.304. The van der Waals surface area contributed by atoms with Crippen LogP contribution < -0.4 is 14.4 Å². The molecule has 0 unspecified atom stereocenters. The smallest absolute Gasteiger partial charge is 0.312 e. The van der Waals surface area contributed by atoms with Gasteiger partial charge in [-0.1, -0.05) is 32.9 Å². The maximum atomic E-state index is 12.8. The van der Waals surface area contributed by atoms with E-state index in [2.05, 4.69) is 32.9 Å². The first kappa shape index (κ1) is 26.9. The first-order chi connectivity index (χ1) is 18.0. The summed E-state index contributed by atoms with van der Waals surface area (Å²) in [4.78, 5) is 39.7. The molecular weight excluding hydrogens is 482 g/mol. The fourth-order valence-corrected chi connectivity index (χ4v) is 4.28. The Labute approximate surface area is 223 Å². The van der Waals surface area contributed by atoms with Gasteiger partial charge in [-0.25, -0.2) is 0 Å². The van der Waals surface area contributed by atoms with Gasteiger partial charge in [-0.15, -0.1) is 0 Å². The molecule has 198 valence electrons.